The fraction of sp³-hybridized carbons (Fsp3) is 0.640. The maximum absolute atomic E-state index is 13.0. The molecule has 2 N–H and O–H groups in total. The topological polar surface area (TPSA) is 78.5 Å². The summed E-state index contributed by atoms with van der Waals surface area (Å²) in [7, 11) is 0. The maximum Gasteiger partial charge on any atom is 0.253 e. The number of hydrogen-bond donors (Lipinski definition) is 2. The molecular formula is C25H37N3O3. The fourth-order valence-corrected chi connectivity index (χ4v) is 4.35. The number of nitrogens with one attached hydrogen (secondary N) is 2. The number of nitrogens with zero attached hydrogens (tertiary/aromatic N) is 1. The highest BCUT2D eigenvalue weighted by atomic mass is 16.2. The Morgan fingerprint density at radius 1 is 0.968 bits per heavy atom. The van der Waals surface area contributed by atoms with Crippen molar-refractivity contribution in [1.82, 2.24) is 10.2 Å². The predicted octanol–water partition coefficient (Wildman–Crippen LogP) is 4.22. The maximum atomic E-state index is 13.0. The first-order valence-electron chi connectivity index (χ1n) is 11.7. The summed E-state index contributed by atoms with van der Waals surface area (Å²) in [6, 6.07) is 7.01. The zero-order valence-electron chi connectivity index (χ0n) is 19.2. The minimum atomic E-state index is -0.477. The molecule has 1 atom stereocenters. The van der Waals surface area contributed by atoms with Gasteiger partial charge < -0.3 is 15.5 Å². The van der Waals surface area contributed by atoms with Gasteiger partial charge in [0.15, 0.2) is 0 Å². The number of carbonyl (C=O) groups is 3. The van der Waals surface area contributed by atoms with E-state index in [4.69, 9.17) is 0 Å². The van der Waals surface area contributed by atoms with Crippen molar-refractivity contribution in [2.45, 2.75) is 65.7 Å². The van der Waals surface area contributed by atoms with Gasteiger partial charge >= 0.3 is 0 Å². The molecule has 31 heavy (non-hydrogen) atoms. The minimum absolute atomic E-state index is 0.0570. The Kier molecular flexibility index (Phi) is 7.74. The number of benzene rings is 1. The van der Waals surface area contributed by atoms with E-state index in [0.717, 1.165) is 19.4 Å². The average Bonchev–Trinajstić information content (AvgIpc) is 2.77. The van der Waals surface area contributed by atoms with Crippen molar-refractivity contribution >= 4 is 23.4 Å². The second-order valence-corrected chi connectivity index (χ2v) is 10.1. The molecule has 2 fully saturated rings. The van der Waals surface area contributed by atoms with E-state index in [-0.39, 0.29) is 23.6 Å². The van der Waals surface area contributed by atoms with Gasteiger partial charge in [0, 0.05) is 36.3 Å². The van der Waals surface area contributed by atoms with E-state index < -0.39 is 5.41 Å². The third kappa shape index (κ3) is 6.55. The molecule has 0 bridgehead atoms. The number of piperidine rings is 1. The highest BCUT2D eigenvalue weighted by molar-refractivity contribution is 5.97. The van der Waals surface area contributed by atoms with E-state index in [1.165, 1.54) is 32.1 Å². The molecule has 1 aliphatic heterocycles. The van der Waals surface area contributed by atoms with Gasteiger partial charge in [-0.2, -0.15) is 0 Å². The molecule has 3 amide bonds. The first kappa shape index (κ1) is 23.3. The summed E-state index contributed by atoms with van der Waals surface area (Å²) in [6.07, 6.45) is 7.94. The van der Waals surface area contributed by atoms with E-state index in [1.54, 1.807) is 29.2 Å². The zero-order valence-corrected chi connectivity index (χ0v) is 19.2. The Morgan fingerprint density at radius 2 is 1.65 bits per heavy atom. The lowest BCUT2D eigenvalue weighted by Crippen LogP contribution is -2.46. The molecule has 1 aromatic rings. The van der Waals surface area contributed by atoms with Crippen molar-refractivity contribution in [2.24, 2.45) is 17.3 Å². The van der Waals surface area contributed by atoms with Gasteiger partial charge in [-0.05, 0) is 55.9 Å². The molecule has 0 radical (unpaired) electrons. The molecule has 3 rings (SSSR count). The van der Waals surface area contributed by atoms with Crippen molar-refractivity contribution in [3.05, 3.63) is 29.8 Å². The molecule has 1 unspecified atom stereocenters. The summed E-state index contributed by atoms with van der Waals surface area (Å²) in [5.41, 5.74) is 0.779. The van der Waals surface area contributed by atoms with Gasteiger partial charge in [0.2, 0.25) is 11.8 Å². The van der Waals surface area contributed by atoms with Gasteiger partial charge in [0.25, 0.3) is 5.91 Å². The molecule has 0 aromatic heterocycles. The third-order valence-corrected chi connectivity index (χ3v) is 6.44. The van der Waals surface area contributed by atoms with Crippen LogP contribution in [0.1, 0.15) is 76.1 Å². The molecule has 1 aromatic carbocycles. The second-order valence-electron chi connectivity index (χ2n) is 10.1. The first-order valence-corrected chi connectivity index (χ1v) is 11.7. The van der Waals surface area contributed by atoms with Crippen LogP contribution >= 0.6 is 0 Å². The number of hydrogen-bond acceptors (Lipinski definition) is 3. The lowest BCUT2D eigenvalue weighted by atomic mass is 9.89. The first-order chi connectivity index (χ1) is 14.7. The number of likely N-dealkylation sites (tertiary alicyclic amines) is 1. The van der Waals surface area contributed by atoms with Gasteiger partial charge in [-0.15, -0.1) is 0 Å². The van der Waals surface area contributed by atoms with Crippen LogP contribution in [0.25, 0.3) is 0 Å². The Labute approximate surface area is 186 Å². The highest BCUT2D eigenvalue weighted by Gasteiger charge is 2.29. The van der Waals surface area contributed by atoms with Gasteiger partial charge in [0.1, 0.15) is 0 Å². The monoisotopic (exact) mass is 427 g/mol. The van der Waals surface area contributed by atoms with Gasteiger partial charge in [-0.3, -0.25) is 14.4 Å². The van der Waals surface area contributed by atoms with Gasteiger partial charge in [0.05, 0.1) is 5.92 Å². The van der Waals surface area contributed by atoms with Crippen LogP contribution in [0.4, 0.5) is 5.69 Å². The largest absolute Gasteiger partial charge is 0.356 e. The van der Waals surface area contributed by atoms with Crippen LogP contribution in [0.5, 0.6) is 0 Å². The average molecular weight is 428 g/mol. The summed E-state index contributed by atoms with van der Waals surface area (Å²) in [4.78, 5) is 39.6. The summed E-state index contributed by atoms with van der Waals surface area (Å²) in [5.74, 6) is 0.439. The van der Waals surface area contributed by atoms with Crippen molar-refractivity contribution in [2.75, 3.05) is 25.0 Å². The standard InChI is InChI=1S/C25H37N3O3/c1-25(2,3)24(31)27-21-13-11-19(12-14-21)23(30)28-15-7-10-20(17-28)22(29)26-16-18-8-5-4-6-9-18/h11-14,18,20H,4-10,15-17H2,1-3H3,(H,26,29)(H,27,31). The fourth-order valence-electron chi connectivity index (χ4n) is 4.35. The quantitative estimate of drug-likeness (QED) is 0.738. The van der Waals surface area contributed by atoms with Crippen LogP contribution in [-0.4, -0.2) is 42.3 Å². The van der Waals surface area contributed by atoms with Gasteiger partial charge in [-0.25, -0.2) is 0 Å². The number of carbonyl (C=O) groups excluding carboxylic acids is 3. The lowest BCUT2D eigenvalue weighted by Gasteiger charge is -2.32. The summed E-state index contributed by atoms with van der Waals surface area (Å²) >= 11 is 0. The van der Waals surface area contributed by atoms with Crippen molar-refractivity contribution < 1.29 is 14.4 Å². The van der Waals surface area contributed by atoms with Crippen LogP contribution < -0.4 is 10.6 Å². The molecule has 1 aliphatic carbocycles. The van der Waals surface area contributed by atoms with Gasteiger partial charge in [-0.1, -0.05) is 40.0 Å². The molecule has 1 saturated carbocycles. The Balaban J connectivity index is 1.52. The third-order valence-electron chi connectivity index (χ3n) is 6.44. The smallest absolute Gasteiger partial charge is 0.253 e. The minimum Gasteiger partial charge on any atom is -0.356 e. The van der Waals surface area contributed by atoms with Crippen molar-refractivity contribution in [3.8, 4) is 0 Å². The van der Waals surface area contributed by atoms with Crippen LogP contribution in [0.15, 0.2) is 24.3 Å². The Morgan fingerprint density at radius 3 is 2.29 bits per heavy atom. The molecular weight excluding hydrogens is 390 g/mol. The normalized spacial score (nSPS) is 20.2. The molecule has 1 saturated heterocycles. The van der Waals surface area contributed by atoms with E-state index >= 15 is 0 Å². The van der Waals surface area contributed by atoms with Crippen molar-refractivity contribution in [1.29, 1.82) is 0 Å². The Hall–Kier alpha value is -2.37. The molecule has 170 valence electrons. The molecule has 1 heterocycles. The summed E-state index contributed by atoms with van der Waals surface area (Å²) in [5, 5.41) is 6.02. The molecule has 6 nitrogen and oxygen atoms in total. The zero-order chi connectivity index (χ0) is 22.4. The summed E-state index contributed by atoms with van der Waals surface area (Å²) in [6.45, 7) is 7.49. The second kappa shape index (κ2) is 10.3. The molecule has 2 aliphatic rings. The number of rotatable bonds is 5. The predicted molar refractivity (Wildman–Crippen MR) is 123 cm³/mol. The van der Waals surface area contributed by atoms with Crippen LogP contribution in [0.2, 0.25) is 0 Å². The summed E-state index contributed by atoms with van der Waals surface area (Å²) < 4.78 is 0. The van der Waals surface area contributed by atoms with E-state index in [2.05, 4.69) is 10.6 Å². The van der Waals surface area contributed by atoms with E-state index in [9.17, 15) is 14.4 Å². The molecule has 6 heteroatoms. The van der Waals surface area contributed by atoms with Crippen LogP contribution in [-0.2, 0) is 9.59 Å². The lowest BCUT2D eigenvalue weighted by molar-refractivity contribution is -0.126. The van der Waals surface area contributed by atoms with Crippen LogP contribution in [0, 0.1) is 17.3 Å². The van der Waals surface area contributed by atoms with E-state index in [0.29, 0.717) is 30.3 Å². The van der Waals surface area contributed by atoms with Crippen molar-refractivity contribution in [3.63, 3.8) is 0 Å². The number of amides is 3. The number of anilines is 1. The van der Waals surface area contributed by atoms with Crippen LogP contribution in [0.3, 0.4) is 0 Å². The Bertz CT molecular complexity index is 776. The highest BCUT2D eigenvalue weighted by Crippen LogP contribution is 2.24. The molecule has 0 spiro atoms. The SMILES string of the molecule is CC(C)(C)C(=O)Nc1ccc(C(=O)N2CCCC(C(=O)NCC3CCCCC3)C2)cc1. The van der Waals surface area contributed by atoms with E-state index in [1.807, 2.05) is 20.8 Å².